The highest BCUT2D eigenvalue weighted by Gasteiger charge is 2.28. The normalized spacial score (nSPS) is 17.3. The minimum Gasteiger partial charge on any atom is -0.461 e. The van der Waals surface area contributed by atoms with Crippen LogP contribution in [-0.2, 0) is 14.3 Å². The van der Waals surface area contributed by atoms with Gasteiger partial charge in [-0.3, -0.25) is 0 Å². The molecule has 1 aliphatic rings. The predicted octanol–water partition coefficient (Wildman–Crippen LogP) is 2.10. The first-order valence-electron chi connectivity index (χ1n) is 7.72. The summed E-state index contributed by atoms with van der Waals surface area (Å²) in [4.78, 5) is 24.0. The van der Waals surface area contributed by atoms with Gasteiger partial charge in [0.2, 0.25) is 0 Å². The Kier molecular flexibility index (Phi) is 6.95. The highest BCUT2D eigenvalue weighted by atomic mass is 16.6. The average molecular weight is 300 g/mol. The average Bonchev–Trinajstić information content (AvgIpc) is 2.84. The van der Waals surface area contributed by atoms with Gasteiger partial charge in [0.25, 0.3) is 0 Å². The van der Waals surface area contributed by atoms with Crippen molar-refractivity contribution in [1.82, 2.24) is 5.32 Å². The van der Waals surface area contributed by atoms with Gasteiger partial charge in [0.1, 0.15) is 17.7 Å². The third kappa shape index (κ3) is 7.32. The summed E-state index contributed by atoms with van der Waals surface area (Å²) in [5.41, 5.74) is 4.88. The molecule has 0 aromatic rings. The number of esters is 1. The number of hydrogen-bond acceptors (Lipinski definition) is 5. The SMILES string of the molecule is CC(C)(C)OC(=O)NC(CCCN)C(=O)OC1CCCC1. The molecule has 21 heavy (non-hydrogen) atoms. The smallest absolute Gasteiger partial charge is 0.408 e. The third-order valence-electron chi connectivity index (χ3n) is 3.26. The van der Waals surface area contributed by atoms with E-state index in [2.05, 4.69) is 5.32 Å². The first-order valence-corrected chi connectivity index (χ1v) is 7.72. The fraction of sp³-hybridized carbons (Fsp3) is 0.867. The van der Waals surface area contributed by atoms with E-state index < -0.39 is 17.7 Å². The van der Waals surface area contributed by atoms with Crippen molar-refractivity contribution in [3.8, 4) is 0 Å². The molecule has 1 fully saturated rings. The van der Waals surface area contributed by atoms with Crippen LogP contribution < -0.4 is 11.1 Å². The van der Waals surface area contributed by atoms with Crippen molar-refractivity contribution in [3.05, 3.63) is 0 Å². The van der Waals surface area contributed by atoms with Crippen LogP contribution in [-0.4, -0.2) is 36.4 Å². The largest absolute Gasteiger partial charge is 0.461 e. The zero-order valence-electron chi connectivity index (χ0n) is 13.3. The number of amides is 1. The quantitative estimate of drug-likeness (QED) is 0.733. The second-order valence-electron chi connectivity index (χ2n) is 6.47. The number of nitrogens with one attached hydrogen (secondary N) is 1. The van der Waals surface area contributed by atoms with Crippen LogP contribution in [0.25, 0.3) is 0 Å². The van der Waals surface area contributed by atoms with Crippen LogP contribution in [0.1, 0.15) is 59.3 Å². The molecule has 0 aromatic heterocycles. The van der Waals surface area contributed by atoms with Crippen molar-refractivity contribution in [3.63, 3.8) is 0 Å². The Bertz CT molecular complexity index is 346. The molecule has 3 N–H and O–H groups in total. The van der Waals surface area contributed by atoms with E-state index in [1.165, 1.54) is 0 Å². The zero-order chi connectivity index (χ0) is 15.9. The van der Waals surface area contributed by atoms with E-state index in [0.717, 1.165) is 25.7 Å². The molecule has 0 radical (unpaired) electrons. The topological polar surface area (TPSA) is 90.6 Å². The van der Waals surface area contributed by atoms with Crippen molar-refractivity contribution in [1.29, 1.82) is 0 Å². The van der Waals surface area contributed by atoms with E-state index in [9.17, 15) is 9.59 Å². The molecular weight excluding hydrogens is 272 g/mol. The standard InChI is InChI=1S/C15H28N2O4/c1-15(2,3)21-14(19)17-12(9-6-10-16)13(18)20-11-7-4-5-8-11/h11-12H,4-10,16H2,1-3H3,(H,17,19). The van der Waals surface area contributed by atoms with Crippen LogP contribution in [0, 0.1) is 0 Å². The summed E-state index contributed by atoms with van der Waals surface area (Å²) in [6, 6.07) is -0.691. The molecule has 6 nitrogen and oxygen atoms in total. The van der Waals surface area contributed by atoms with Crippen LogP contribution in [0.15, 0.2) is 0 Å². The second kappa shape index (κ2) is 8.22. The molecule has 1 saturated carbocycles. The number of hydrogen-bond donors (Lipinski definition) is 2. The van der Waals surface area contributed by atoms with Crippen LogP contribution in [0.5, 0.6) is 0 Å². The van der Waals surface area contributed by atoms with Crippen molar-refractivity contribution in [2.75, 3.05) is 6.54 Å². The van der Waals surface area contributed by atoms with E-state index >= 15 is 0 Å². The minimum atomic E-state index is -0.691. The Labute approximate surface area is 126 Å². The Balaban J connectivity index is 2.52. The molecule has 0 saturated heterocycles. The molecule has 1 rings (SSSR count). The summed E-state index contributed by atoms with van der Waals surface area (Å²) in [7, 11) is 0. The lowest BCUT2D eigenvalue weighted by Crippen LogP contribution is -2.45. The Morgan fingerprint density at radius 1 is 1.29 bits per heavy atom. The zero-order valence-corrected chi connectivity index (χ0v) is 13.3. The molecule has 0 spiro atoms. The number of carbonyl (C=O) groups excluding carboxylic acids is 2. The molecule has 0 heterocycles. The molecule has 1 atom stereocenters. The monoisotopic (exact) mass is 300 g/mol. The lowest BCUT2D eigenvalue weighted by Gasteiger charge is -2.23. The van der Waals surface area contributed by atoms with E-state index in [0.29, 0.717) is 19.4 Å². The van der Waals surface area contributed by atoms with E-state index in [1.54, 1.807) is 20.8 Å². The summed E-state index contributed by atoms with van der Waals surface area (Å²) in [6.45, 7) is 5.79. The van der Waals surface area contributed by atoms with Crippen molar-refractivity contribution >= 4 is 12.1 Å². The summed E-state index contributed by atoms with van der Waals surface area (Å²) in [5, 5.41) is 2.59. The van der Waals surface area contributed by atoms with E-state index in [-0.39, 0.29) is 12.1 Å². The van der Waals surface area contributed by atoms with Gasteiger partial charge in [-0.2, -0.15) is 0 Å². The van der Waals surface area contributed by atoms with Gasteiger partial charge in [0.05, 0.1) is 0 Å². The Hall–Kier alpha value is -1.30. The third-order valence-corrected chi connectivity index (χ3v) is 3.26. The molecule has 1 aliphatic carbocycles. The van der Waals surface area contributed by atoms with Crippen molar-refractivity contribution < 1.29 is 19.1 Å². The van der Waals surface area contributed by atoms with Crippen molar-refractivity contribution in [2.24, 2.45) is 5.73 Å². The molecule has 0 aromatic carbocycles. The molecule has 122 valence electrons. The molecular formula is C15H28N2O4. The number of ether oxygens (including phenoxy) is 2. The number of rotatable bonds is 6. The van der Waals surface area contributed by atoms with Gasteiger partial charge in [-0.1, -0.05) is 0 Å². The van der Waals surface area contributed by atoms with Crippen LogP contribution in [0.4, 0.5) is 4.79 Å². The van der Waals surface area contributed by atoms with Gasteiger partial charge in [-0.15, -0.1) is 0 Å². The fourth-order valence-corrected chi connectivity index (χ4v) is 2.27. The highest BCUT2D eigenvalue weighted by molar-refractivity contribution is 5.81. The van der Waals surface area contributed by atoms with Gasteiger partial charge >= 0.3 is 12.1 Å². The number of alkyl carbamates (subject to hydrolysis) is 1. The molecule has 0 aliphatic heterocycles. The van der Waals surface area contributed by atoms with Gasteiger partial charge in [0, 0.05) is 0 Å². The maximum atomic E-state index is 12.2. The fourth-order valence-electron chi connectivity index (χ4n) is 2.27. The first-order chi connectivity index (χ1) is 9.81. The van der Waals surface area contributed by atoms with E-state index in [1.807, 2.05) is 0 Å². The lowest BCUT2D eigenvalue weighted by atomic mass is 10.1. The summed E-state index contributed by atoms with van der Waals surface area (Å²) < 4.78 is 10.6. The lowest BCUT2D eigenvalue weighted by molar-refractivity contribution is -0.151. The summed E-state index contributed by atoms with van der Waals surface area (Å²) in [5.74, 6) is -0.388. The van der Waals surface area contributed by atoms with Gasteiger partial charge in [-0.05, 0) is 65.8 Å². The maximum absolute atomic E-state index is 12.2. The van der Waals surface area contributed by atoms with Gasteiger partial charge in [0.15, 0.2) is 0 Å². The molecule has 1 amide bonds. The van der Waals surface area contributed by atoms with Gasteiger partial charge < -0.3 is 20.5 Å². The number of nitrogens with two attached hydrogens (primary N) is 1. The Morgan fingerprint density at radius 3 is 2.43 bits per heavy atom. The first kappa shape index (κ1) is 17.8. The van der Waals surface area contributed by atoms with E-state index in [4.69, 9.17) is 15.2 Å². The predicted molar refractivity (Wildman–Crippen MR) is 79.8 cm³/mol. The highest BCUT2D eigenvalue weighted by Crippen LogP contribution is 2.21. The van der Waals surface area contributed by atoms with Crippen LogP contribution in [0.3, 0.4) is 0 Å². The number of carbonyl (C=O) groups is 2. The molecule has 1 unspecified atom stereocenters. The van der Waals surface area contributed by atoms with Crippen LogP contribution >= 0.6 is 0 Å². The van der Waals surface area contributed by atoms with Gasteiger partial charge in [-0.25, -0.2) is 9.59 Å². The van der Waals surface area contributed by atoms with Crippen LogP contribution in [0.2, 0.25) is 0 Å². The summed E-state index contributed by atoms with van der Waals surface area (Å²) >= 11 is 0. The van der Waals surface area contributed by atoms with Crippen molar-refractivity contribution in [2.45, 2.75) is 77.0 Å². The second-order valence-corrected chi connectivity index (χ2v) is 6.47. The maximum Gasteiger partial charge on any atom is 0.408 e. The Morgan fingerprint density at radius 2 is 1.90 bits per heavy atom. The minimum absolute atomic E-state index is 0.0155. The summed E-state index contributed by atoms with van der Waals surface area (Å²) in [6.07, 6.45) is 4.46. The molecule has 6 heteroatoms. The molecule has 0 bridgehead atoms.